The maximum absolute atomic E-state index is 5.39. The van der Waals surface area contributed by atoms with E-state index in [1.165, 1.54) is 16.7 Å². The van der Waals surface area contributed by atoms with Gasteiger partial charge in [-0.15, -0.1) is 0 Å². The average molecular weight is 334 g/mol. The fourth-order valence-electron chi connectivity index (χ4n) is 3.08. The van der Waals surface area contributed by atoms with Gasteiger partial charge in [-0.05, 0) is 70.1 Å². The van der Waals surface area contributed by atoms with Gasteiger partial charge >= 0.3 is 0 Å². The number of rotatable bonds is 5. The SMILES string of the molecule is COC(C)CN1CCC(=C(c2ccsc2)c2ccsc2)CC1. The normalized spacial score (nSPS) is 17.6. The molecule has 1 saturated heterocycles. The maximum Gasteiger partial charge on any atom is 0.0670 e. The van der Waals surface area contributed by atoms with E-state index in [2.05, 4.69) is 45.5 Å². The third-order valence-electron chi connectivity index (χ3n) is 4.35. The number of likely N-dealkylation sites (tertiary alicyclic amines) is 1. The standard InChI is InChI=1S/C18H23NOS2/c1-14(20-2)11-19-7-3-15(4-8-19)18(16-5-9-21-12-16)17-6-10-22-13-17/h5-6,9-10,12-14H,3-4,7-8,11H2,1-2H3. The monoisotopic (exact) mass is 333 g/mol. The minimum absolute atomic E-state index is 0.318. The summed E-state index contributed by atoms with van der Waals surface area (Å²) in [6.07, 6.45) is 2.65. The fraction of sp³-hybridized carbons (Fsp3) is 0.444. The van der Waals surface area contributed by atoms with Gasteiger partial charge < -0.3 is 9.64 Å². The Hall–Kier alpha value is -0.940. The van der Waals surface area contributed by atoms with Crippen molar-refractivity contribution in [1.82, 2.24) is 4.90 Å². The van der Waals surface area contributed by atoms with Gasteiger partial charge in [0, 0.05) is 26.7 Å². The molecule has 1 fully saturated rings. The Morgan fingerprint density at radius 3 is 2.18 bits per heavy atom. The molecule has 2 nitrogen and oxygen atoms in total. The molecule has 118 valence electrons. The van der Waals surface area contributed by atoms with Gasteiger partial charge in [-0.2, -0.15) is 22.7 Å². The molecular formula is C18H23NOS2. The van der Waals surface area contributed by atoms with Crippen LogP contribution in [-0.4, -0.2) is 37.7 Å². The first-order valence-electron chi connectivity index (χ1n) is 7.80. The van der Waals surface area contributed by atoms with E-state index < -0.39 is 0 Å². The van der Waals surface area contributed by atoms with Gasteiger partial charge in [-0.25, -0.2) is 0 Å². The maximum atomic E-state index is 5.39. The highest BCUT2D eigenvalue weighted by atomic mass is 32.1. The van der Waals surface area contributed by atoms with Crippen LogP contribution in [0.4, 0.5) is 0 Å². The van der Waals surface area contributed by atoms with Gasteiger partial charge in [0.25, 0.3) is 0 Å². The molecule has 0 spiro atoms. The van der Waals surface area contributed by atoms with E-state index >= 15 is 0 Å². The predicted molar refractivity (Wildman–Crippen MR) is 96.8 cm³/mol. The summed E-state index contributed by atoms with van der Waals surface area (Å²) in [5.41, 5.74) is 5.86. The Balaban J connectivity index is 1.79. The minimum atomic E-state index is 0.318. The lowest BCUT2D eigenvalue weighted by atomic mass is 9.91. The van der Waals surface area contributed by atoms with Crippen LogP contribution < -0.4 is 0 Å². The zero-order valence-corrected chi connectivity index (χ0v) is 14.9. The number of ether oxygens (including phenoxy) is 1. The lowest BCUT2D eigenvalue weighted by molar-refractivity contribution is 0.0742. The van der Waals surface area contributed by atoms with Crippen molar-refractivity contribution < 1.29 is 4.74 Å². The van der Waals surface area contributed by atoms with E-state index in [9.17, 15) is 0 Å². The molecule has 22 heavy (non-hydrogen) atoms. The lowest BCUT2D eigenvalue weighted by Crippen LogP contribution is -2.36. The Kier molecular flexibility index (Phi) is 5.47. The molecule has 1 aliphatic heterocycles. The lowest BCUT2D eigenvalue weighted by Gasteiger charge is -2.31. The van der Waals surface area contributed by atoms with E-state index in [0.717, 1.165) is 32.5 Å². The number of piperidine rings is 1. The molecule has 4 heteroatoms. The summed E-state index contributed by atoms with van der Waals surface area (Å²) in [6.45, 7) is 5.46. The van der Waals surface area contributed by atoms with Crippen LogP contribution >= 0.6 is 22.7 Å². The van der Waals surface area contributed by atoms with Crippen LogP contribution in [0, 0.1) is 0 Å². The smallest absolute Gasteiger partial charge is 0.0670 e. The molecule has 0 bridgehead atoms. The molecule has 0 amide bonds. The minimum Gasteiger partial charge on any atom is -0.380 e. The van der Waals surface area contributed by atoms with Gasteiger partial charge in [-0.1, -0.05) is 5.57 Å². The molecule has 3 rings (SSSR count). The fourth-order valence-corrected chi connectivity index (χ4v) is 4.38. The third-order valence-corrected chi connectivity index (χ3v) is 5.72. The largest absolute Gasteiger partial charge is 0.380 e. The van der Waals surface area contributed by atoms with Gasteiger partial charge in [0.2, 0.25) is 0 Å². The molecule has 2 aromatic heterocycles. The average Bonchev–Trinajstić information content (AvgIpc) is 3.23. The molecular weight excluding hydrogens is 310 g/mol. The summed E-state index contributed by atoms with van der Waals surface area (Å²) < 4.78 is 5.39. The van der Waals surface area contributed by atoms with Gasteiger partial charge in [-0.3, -0.25) is 0 Å². The first kappa shape index (κ1) is 15.9. The van der Waals surface area contributed by atoms with Crippen LogP contribution in [-0.2, 0) is 4.74 Å². The zero-order chi connectivity index (χ0) is 15.4. The Morgan fingerprint density at radius 1 is 1.14 bits per heavy atom. The summed E-state index contributed by atoms with van der Waals surface area (Å²) in [5.74, 6) is 0. The number of hydrogen-bond donors (Lipinski definition) is 0. The van der Waals surface area contributed by atoms with Crippen molar-refractivity contribution >= 4 is 28.2 Å². The second-order valence-corrected chi connectivity index (χ2v) is 7.41. The molecule has 2 aromatic rings. The highest BCUT2D eigenvalue weighted by Crippen LogP contribution is 2.34. The molecule has 0 saturated carbocycles. The number of hydrogen-bond acceptors (Lipinski definition) is 4. The van der Waals surface area contributed by atoms with E-state index in [4.69, 9.17) is 4.74 Å². The third kappa shape index (κ3) is 3.69. The summed E-state index contributed by atoms with van der Waals surface area (Å²) in [6, 6.07) is 4.51. The molecule has 0 radical (unpaired) electrons. The van der Waals surface area contributed by atoms with Crippen LogP contribution in [0.5, 0.6) is 0 Å². The van der Waals surface area contributed by atoms with E-state index in [1.807, 2.05) is 0 Å². The second-order valence-electron chi connectivity index (χ2n) is 5.85. The Labute approximate surface area is 141 Å². The van der Waals surface area contributed by atoms with Gasteiger partial charge in [0.1, 0.15) is 0 Å². The van der Waals surface area contributed by atoms with Crippen LogP contribution in [0.25, 0.3) is 5.57 Å². The summed E-state index contributed by atoms with van der Waals surface area (Å²) in [4.78, 5) is 2.52. The summed E-state index contributed by atoms with van der Waals surface area (Å²) >= 11 is 3.57. The van der Waals surface area contributed by atoms with Crippen molar-refractivity contribution in [1.29, 1.82) is 0 Å². The highest BCUT2D eigenvalue weighted by molar-refractivity contribution is 7.08. The van der Waals surface area contributed by atoms with E-state index in [0.29, 0.717) is 6.10 Å². The summed E-state index contributed by atoms with van der Waals surface area (Å²) in [7, 11) is 1.80. The molecule has 0 aliphatic carbocycles. The van der Waals surface area contributed by atoms with Crippen molar-refractivity contribution in [2.75, 3.05) is 26.7 Å². The van der Waals surface area contributed by atoms with Crippen molar-refractivity contribution in [3.8, 4) is 0 Å². The van der Waals surface area contributed by atoms with Crippen LogP contribution in [0.1, 0.15) is 30.9 Å². The van der Waals surface area contributed by atoms with Crippen molar-refractivity contribution in [3.05, 3.63) is 50.4 Å². The Morgan fingerprint density at radius 2 is 1.73 bits per heavy atom. The molecule has 1 aliphatic rings. The molecule has 0 N–H and O–H groups in total. The van der Waals surface area contributed by atoms with Crippen molar-refractivity contribution in [3.63, 3.8) is 0 Å². The highest BCUT2D eigenvalue weighted by Gasteiger charge is 2.20. The summed E-state index contributed by atoms with van der Waals surface area (Å²) in [5, 5.41) is 8.91. The topological polar surface area (TPSA) is 12.5 Å². The molecule has 1 atom stereocenters. The van der Waals surface area contributed by atoms with Gasteiger partial charge in [0.05, 0.1) is 6.10 Å². The van der Waals surface area contributed by atoms with E-state index in [1.54, 1.807) is 35.4 Å². The first-order valence-corrected chi connectivity index (χ1v) is 9.69. The predicted octanol–water partition coefficient (Wildman–Crippen LogP) is 4.74. The van der Waals surface area contributed by atoms with Crippen LogP contribution in [0.3, 0.4) is 0 Å². The zero-order valence-electron chi connectivity index (χ0n) is 13.2. The first-order chi connectivity index (χ1) is 10.8. The molecule has 0 aromatic carbocycles. The van der Waals surface area contributed by atoms with Crippen molar-refractivity contribution in [2.45, 2.75) is 25.9 Å². The quantitative estimate of drug-likeness (QED) is 0.783. The number of nitrogens with zero attached hydrogens (tertiary/aromatic N) is 1. The van der Waals surface area contributed by atoms with Crippen LogP contribution in [0.2, 0.25) is 0 Å². The van der Waals surface area contributed by atoms with Crippen LogP contribution in [0.15, 0.2) is 39.2 Å². The second kappa shape index (κ2) is 7.55. The molecule has 3 heterocycles. The molecule has 1 unspecified atom stereocenters. The van der Waals surface area contributed by atoms with Crippen molar-refractivity contribution in [2.24, 2.45) is 0 Å². The Bertz CT molecular complexity index is 555. The number of thiophene rings is 2. The van der Waals surface area contributed by atoms with Gasteiger partial charge in [0.15, 0.2) is 0 Å². The van der Waals surface area contributed by atoms with E-state index in [-0.39, 0.29) is 0 Å². The number of methoxy groups -OCH3 is 1.